The van der Waals surface area contributed by atoms with E-state index in [9.17, 15) is 18.0 Å². The SMILES string of the molecule is NC(=O)c1cc(C(F)(F)F)ccc1OCc1noc(C2CCOCC2)n1. The molecular formula is C16H16F3N3O4. The van der Waals surface area contributed by atoms with Crippen molar-refractivity contribution in [2.45, 2.75) is 31.5 Å². The average molecular weight is 371 g/mol. The van der Waals surface area contributed by atoms with E-state index in [2.05, 4.69) is 10.1 Å². The van der Waals surface area contributed by atoms with Crippen LogP contribution < -0.4 is 10.5 Å². The van der Waals surface area contributed by atoms with E-state index in [-0.39, 0.29) is 29.7 Å². The van der Waals surface area contributed by atoms with E-state index in [0.29, 0.717) is 25.2 Å². The second kappa shape index (κ2) is 7.32. The van der Waals surface area contributed by atoms with Crippen LogP contribution in [0.25, 0.3) is 0 Å². The number of nitrogens with two attached hydrogens (primary N) is 1. The van der Waals surface area contributed by atoms with E-state index in [1.807, 2.05) is 0 Å². The van der Waals surface area contributed by atoms with Gasteiger partial charge in [0.25, 0.3) is 5.91 Å². The fraction of sp³-hybridized carbons (Fsp3) is 0.438. The second-order valence-electron chi connectivity index (χ2n) is 5.80. The van der Waals surface area contributed by atoms with Crippen LogP contribution in [0.1, 0.15) is 46.4 Å². The van der Waals surface area contributed by atoms with Gasteiger partial charge >= 0.3 is 6.18 Å². The number of hydrogen-bond acceptors (Lipinski definition) is 6. The molecule has 0 aliphatic carbocycles. The Morgan fingerprint density at radius 1 is 1.31 bits per heavy atom. The van der Waals surface area contributed by atoms with Crippen molar-refractivity contribution in [3.63, 3.8) is 0 Å². The Bertz CT molecular complexity index is 785. The van der Waals surface area contributed by atoms with E-state index in [1.54, 1.807) is 0 Å². The molecule has 1 aromatic heterocycles. The third-order valence-electron chi connectivity index (χ3n) is 3.98. The molecule has 140 valence electrons. The number of ether oxygens (including phenoxy) is 2. The number of hydrogen-bond donors (Lipinski definition) is 1. The molecule has 26 heavy (non-hydrogen) atoms. The largest absolute Gasteiger partial charge is 0.485 e. The molecule has 1 aliphatic rings. The van der Waals surface area contributed by atoms with E-state index in [4.69, 9.17) is 19.7 Å². The topological polar surface area (TPSA) is 100 Å². The molecule has 3 rings (SSSR count). The summed E-state index contributed by atoms with van der Waals surface area (Å²) >= 11 is 0. The quantitative estimate of drug-likeness (QED) is 0.867. The van der Waals surface area contributed by atoms with E-state index >= 15 is 0 Å². The number of nitrogens with zero attached hydrogens (tertiary/aromatic N) is 2. The van der Waals surface area contributed by atoms with Crippen LogP contribution in [0, 0.1) is 0 Å². The maximum atomic E-state index is 12.8. The molecule has 2 aromatic rings. The summed E-state index contributed by atoms with van der Waals surface area (Å²) in [7, 11) is 0. The number of aromatic nitrogens is 2. The number of carbonyl (C=O) groups excluding carboxylic acids is 1. The lowest BCUT2D eigenvalue weighted by Gasteiger charge is -2.17. The maximum absolute atomic E-state index is 12.8. The van der Waals surface area contributed by atoms with E-state index < -0.39 is 17.6 Å². The van der Waals surface area contributed by atoms with Gasteiger partial charge in [-0.05, 0) is 31.0 Å². The summed E-state index contributed by atoms with van der Waals surface area (Å²) < 4.78 is 54.1. The minimum absolute atomic E-state index is 0.0806. The Balaban J connectivity index is 1.71. The highest BCUT2D eigenvalue weighted by Crippen LogP contribution is 2.32. The van der Waals surface area contributed by atoms with Crippen LogP contribution in [0.4, 0.5) is 13.2 Å². The van der Waals surface area contributed by atoms with Gasteiger partial charge in [0.2, 0.25) is 11.7 Å². The van der Waals surface area contributed by atoms with Crippen LogP contribution in [0.2, 0.25) is 0 Å². The summed E-state index contributed by atoms with van der Waals surface area (Å²) in [5.74, 6) is -0.307. The fourth-order valence-corrected chi connectivity index (χ4v) is 2.60. The molecule has 2 N–H and O–H groups in total. The van der Waals surface area contributed by atoms with Gasteiger partial charge in [0.05, 0.1) is 11.1 Å². The normalized spacial score (nSPS) is 15.8. The first-order valence-electron chi connectivity index (χ1n) is 7.88. The van der Waals surface area contributed by atoms with Gasteiger partial charge in [-0.3, -0.25) is 4.79 Å². The third-order valence-corrected chi connectivity index (χ3v) is 3.98. The van der Waals surface area contributed by atoms with Gasteiger partial charge < -0.3 is 19.7 Å². The average Bonchev–Trinajstić information content (AvgIpc) is 3.08. The minimum atomic E-state index is -4.59. The molecule has 1 aliphatic heterocycles. The first kappa shape index (κ1) is 18.2. The van der Waals surface area contributed by atoms with Gasteiger partial charge in [0.15, 0.2) is 6.61 Å². The lowest BCUT2D eigenvalue weighted by atomic mass is 10.0. The fourth-order valence-electron chi connectivity index (χ4n) is 2.60. The number of alkyl halides is 3. The summed E-state index contributed by atoms with van der Waals surface area (Å²) in [4.78, 5) is 15.7. The molecule has 2 heterocycles. The summed E-state index contributed by atoms with van der Waals surface area (Å²) in [6.45, 7) is 1.07. The summed E-state index contributed by atoms with van der Waals surface area (Å²) in [6, 6.07) is 2.51. The van der Waals surface area contributed by atoms with Gasteiger partial charge in [-0.2, -0.15) is 18.2 Å². The second-order valence-corrected chi connectivity index (χ2v) is 5.80. The molecule has 0 radical (unpaired) electrons. The highest BCUT2D eigenvalue weighted by molar-refractivity contribution is 5.95. The molecule has 1 fully saturated rings. The molecule has 1 saturated heterocycles. The van der Waals surface area contributed by atoms with Gasteiger partial charge in [0, 0.05) is 19.1 Å². The molecule has 1 amide bonds. The highest BCUT2D eigenvalue weighted by Gasteiger charge is 2.32. The van der Waals surface area contributed by atoms with Crippen LogP contribution in [-0.2, 0) is 17.5 Å². The smallest absolute Gasteiger partial charge is 0.416 e. The van der Waals surface area contributed by atoms with Crippen molar-refractivity contribution in [2.24, 2.45) is 5.73 Å². The zero-order valence-corrected chi connectivity index (χ0v) is 13.6. The number of halogens is 3. The summed E-state index contributed by atoms with van der Waals surface area (Å²) in [5, 5.41) is 3.79. The minimum Gasteiger partial charge on any atom is -0.485 e. The molecule has 10 heteroatoms. The Hall–Kier alpha value is -2.62. The molecule has 0 unspecified atom stereocenters. The van der Waals surface area contributed by atoms with Crippen LogP contribution in [0.3, 0.4) is 0 Å². The maximum Gasteiger partial charge on any atom is 0.416 e. The Morgan fingerprint density at radius 3 is 2.69 bits per heavy atom. The lowest BCUT2D eigenvalue weighted by Crippen LogP contribution is -2.16. The van der Waals surface area contributed by atoms with Crippen molar-refractivity contribution in [3.8, 4) is 5.75 Å². The Kier molecular flexibility index (Phi) is 5.12. The Morgan fingerprint density at radius 2 is 2.04 bits per heavy atom. The van der Waals surface area contributed by atoms with Gasteiger partial charge in [-0.25, -0.2) is 0 Å². The number of benzene rings is 1. The number of primary amides is 1. The molecule has 0 atom stereocenters. The first-order valence-corrected chi connectivity index (χ1v) is 7.88. The van der Waals surface area contributed by atoms with Crippen LogP contribution >= 0.6 is 0 Å². The standard InChI is InChI=1S/C16H16F3N3O4/c17-16(18,19)10-1-2-12(11(7-10)14(20)23)25-8-13-21-15(26-22-13)9-3-5-24-6-4-9/h1-2,7,9H,3-6,8H2,(H2,20,23). The molecule has 0 bridgehead atoms. The lowest BCUT2D eigenvalue weighted by molar-refractivity contribution is -0.137. The van der Waals surface area contributed by atoms with Crippen LogP contribution in [-0.4, -0.2) is 29.3 Å². The molecule has 1 aromatic carbocycles. The van der Waals surface area contributed by atoms with Crippen molar-refractivity contribution >= 4 is 5.91 Å². The van der Waals surface area contributed by atoms with E-state index in [1.165, 1.54) is 0 Å². The van der Waals surface area contributed by atoms with Crippen LogP contribution in [0.5, 0.6) is 5.75 Å². The van der Waals surface area contributed by atoms with Gasteiger partial charge in [0.1, 0.15) is 5.75 Å². The Labute approximate surface area is 146 Å². The number of carbonyl (C=O) groups is 1. The van der Waals surface area contributed by atoms with Gasteiger partial charge in [-0.1, -0.05) is 5.16 Å². The van der Waals surface area contributed by atoms with Crippen molar-refractivity contribution in [2.75, 3.05) is 13.2 Å². The summed E-state index contributed by atoms with van der Waals surface area (Å²) in [6.07, 6.45) is -3.05. The monoisotopic (exact) mass is 371 g/mol. The van der Waals surface area contributed by atoms with Crippen molar-refractivity contribution < 1.29 is 32.0 Å². The number of rotatable bonds is 5. The summed E-state index contributed by atoms with van der Waals surface area (Å²) in [5.41, 5.74) is 3.80. The molecule has 7 nitrogen and oxygen atoms in total. The van der Waals surface area contributed by atoms with Crippen molar-refractivity contribution in [1.29, 1.82) is 0 Å². The van der Waals surface area contributed by atoms with Crippen molar-refractivity contribution in [1.82, 2.24) is 10.1 Å². The first-order chi connectivity index (χ1) is 12.3. The van der Waals surface area contributed by atoms with Crippen molar-refractivity contribution in [3.05, 3.63) is 41.0 Å². The predicted molar refractivity (Wildman–Crippen MR) is 81.4 cm³/mol. The zero-order chi connectivity index (χ0) is 18.7. The molecular weight excluding hydrogens is 355 g/mol. The van der Waals surface area contributed by atoms with E-state index in [0.717, 1.165) is 25.0 Å². The molecule has 0 spiro atoms. The van der Waals surface area contributed by atoms with Gasteiger partial charge in [-0.15, -0.1) is 0 Å². The number of amides is 1. The van der Waals surface area contributed by atoms with Crippen LogP contribution in [0.15, 0.2) is 22.7 Å². The predicted octanol–water partition coefficient (Wildman–Crippen LogP) is 2.66. The zero-order valence-electron chi connectivity index (χ0n) is 13.6. The molecule has 0 saturated carbocycles. The third kappa shape index (κ3) is 4.13. The highest BCUT2D eigenvalue weighted by atomic mass is 19.4.